The molecule has 138 valence electrons. The number of carbonyl (C=O) groups is 2. The summed E-state index contributed by atoms with van der Waals surface area (Å²) in [5.74, 6) is -0.204. The van der Waals surface area contributed by atoms with E-state index in [0.717, 1.165) is 31.2 Å². The number of nitrogens with one attached hydrogen (secondary N) is 2. The van der Waals surface area contributed by atoms with Crippen LogP contribution in [0.1, 0.15) is 62.4 Å². The van der Waals surface area contributed by atoms with Crippen LogP contribution in [0.5, 0.6) is 0 Å². The van der Waals surface area contributed by atoms with E-state index >= 15 is 0 Å². The van der Waals surface area contributed by atoms with Gasteiger partial charge in [0, 0.05) is 18.3 Å². The highest BCUT2D eigenvalue weighted by Gasteiger charge is 2.26. The third-order valence-electron chi connectivity index (χ3n) is 4.00. The summed E-state index contributed by atoms with van der Waals surface area (Å²) in [5, 5.41) is 6.11. The normalized spacial score (nSPS) is 20.7. The van der Waals surface area contributed by atoms with Gasteiger partial charge in [0.25, 0.3) is 5.91 Å². The van der Waals surface area contributed by atoms with Crippen LogP contribution in [-0.4, -0.2) is 34.7 Å². The van der Waals surface area contributed by atoms with Crippen LogP contribution < -0.4 is 10.6 Å². The Balaban J connectivity index is 1.81. The van der Waals surface area contributed by atoms with E-state index < -0.39 is 11.7 Å². The number of hydrogen-bond acceptors (Lipinski definition) is 4. The fourth-order valence-corrected chi connectivity index (χ4v) is 3.02. The number of carbonyl (C=O) groups excluding carboxylic acids is 2. The standard InChI is InChI=1S/C18H26ClN3O3/c1-11-9-14(15(19)20-10-11)16(23)21-12-5-7-13(8-6-12)22-17(24)25-18(2,3)4/h9-10,12-13H,5-8H2,1-4H3,(H,21,23)(H,22,24). The van der Waals surface area contributed by atoms with E-state index in [0.29, 0.717) is 5.56 Å². The Morgan fingerprint density at radius 2 is 1.72 bits per heavy atom. The van der Waals surface area contributed by atoms with Gasteiger partial charge in [-0.2, -0.15) is 0 Å². The van der Waals surface area contributed by atoms with Crippen molar-refractivity contribution in [2.45, 2.75) is 71.1 Å². The third-order valence-corrected chi connectivity index (χ3v) is 4.30. The van der Waals surface area contributed by atoms with Gasteiger partial charge in [-0.3, -0.25) is 4.79 Å². The van der Waals surface area contributed by atoms with Gasteiger partial charge in [0.2, 0.25) is 0 Å². The van der Waals surface area contributed by atoms with Crippen LogP contribution in [0, 0.1) is 6.92 Å². The number of alkyl carbamates (subject to hydrolysis) is 1. The van der Waals surface area contributed by atoms with E-state index in [4.69, 9.17) is 16.3 Å². The van der Waals surface area contributed by atoms with Crippen molar-refractivity contribution in [3.05, 3.63) is 28.5 Å². The van der Waals surface area contributed by atoms with Crippen molar-refractivity contribution < 1.29 is 14.3 Å². The SMILES string of the molecule is Cc1cnc(Cl)c(C(=O)NC2CCC(NC(=O)OC(C)(C)C)CC2)c1. The molecule has 1 aliphatic carbocycles. The molecule has 0 bridgehead atoms. The number of nitrogens with zero attached hydrogens (tertiary/aromatic N) is 1. The summed E-state index contributed by atoms with van der Waals surface area (Å²) in [7, 11) is 0. The van der Waals surface area contributed by atoms with Gasteiger partial charge in [-0.15, -0.1) is 0 Å². The quantitative estimate of drug-likeness (QED) is 0.800. The van der Waals surface area contributed by atoms with Gasteiger partial charge in [-0.1, -0.05) is 11.6 Å². The maximum atomic E-state index is 12.4. The van der Waals surface area contributed by atoms with Crippen LogP contribution in [0.25, 0.3) is 0 Å². The molecule has 2 N–H and O–H groups in total. The van der Waals surface area contributed by atoms with Crippen LogP contribution >= 0.6 is 11.6 Å². The van der Waals surface area contributed by atoms with Crippen molar-refractivity contribution in [1.29, 1.82) is 0 Å². The molecule has 0 aromatic carbocycles. The first kappa shape index (κ1) is 19.5. The summed E-state index contributed by atoms with van der Waals surface area (Å²) < 4.78 is 5.27. The lowest BCUT2D eigenvalue weighted by molar-refractivity contribution is 0.0488. The first-order valence-corrected chi connectivity index (χ1v) is 8.94. The zero-order chi connectivity index (χ0) is 18.6. The average Bonchev–Trinajstić information content (AvgIpc) is 2.49. The lowest BCUT2D eigenvalue weighted by Crippen LogP contribution is -2.45. The van der Waals surface area contributed by atoms with Crippen LogP contribution in [0.2, 0.25) is 5.15 Å². The molecule has 6 nitrogen and oxygen atoms in total. The lowest BCUT2D eigenvalue weighted by atomic mass is 9.91. The summed E-state index contributed by atoms with van der Waals surface area (Å²) in [5.41, 5.74) is 0.784. The number of aromatic nitrogens is 1. The van der Waals surface area contributed by atoms with E-state index in [1.54, 1.807) is 12.3 Å². The predicted molar refractivity (Wildman–Crippen MR) is 96.9 cm³/mol. The smallest absolute Gasteiger partial charge is 0.407 e. The largest absolute Gasteiger partial charge is 0.444 e. The molecule has 0 aliphatic heterocycles. The molecule has 0 radical (unpaired) electrons. The molecular weight excluding hydrogens is 342 g/mol. The first-order chi connectivity index (χ1) is 11.6. The van der Waals surface area contributed by atoms with Crippen LogP contribution in [0.4, 0.5) is 4.79 Å². The first-order valence-electron chi connectivity index (χ1n) is 8.56. The molecule has 1 aliphatic rings. The van der Waals surface area contributed by atoms with Crippen LogP contribution in [0.3, 0.4) is 0 Å². The molecule has 0 unspecified atom stereocenters. The maximum absolute atomic E-state index is 12.4. The zero-order valence-electron chi connectivity index (χ0n) is 15.2. The third kappa shape index (κ3) is 6.20. The van der Waals surface area contributed by atoms with Gasteiger partial charge >= 0.3 is 6.09 Å². The number of aryl methyl sites for hydroxylation is 1. The maximum Gasteiger partial charge on any atom is 0.407 e. The minimum Gasteiger partial charge on any atom is -0.444 e. The van der Waals surface area contributed by atoms with Gasteiger partial charge in [0.15, 0.2) is 0 Å². The van der Waals surface area contributed by atoms with Crippen LogP contribution in [0.15, 0.2) is 12.3 Å². The van der Waals surface area contributed by atoms with E-state index in [1.807, 2.05) is 27.7 Å². The van der Waals surface area contributed by atoms with E-state index in [9.17, 15) is 9.59 Å². The summed E-state index contributed by atoms with van der Waals surface area (Å²) in [6, 6.07) is 1.88. The van der Waals surface area contributed by atoms with Crippen LogP contribution in [-0.2, 0) is 4.74 Å². The molecule has 0 atom stereocenters. The minimum absolute atomic E-state index is 0.0702. The molecule has 2 rings (SSSR count). The second-order valence-electron chi connectivity index (χ2n) is 7.52. The highest BCUT2D eigenvalue weighted by atomic mass is 35.5. The summed E-state index contributed by atoms with van der Waals surface area (Å²) in [4.78, 5) is 28.2. The van der Waals surface area contributed by atoms with Crippen molar-refractivity contribution in [3.8, 4) is 0 Å². The number of pyridine rings is 1. The number of ether oxygens (including phenoxy) is 1. The molecule has 1 aromatic rings. The molecule has 1 heterocycles. The Kier molecular flexibility index (Phi) is 6.27. The highest BCUT2D eigenvalue weighted by Crippen LogP contribution is 2.21. The molecule has 25 heavy (non-hydrogen) atoms. The second kappa shape index (κ2) is 8.04. The molecule has 1 aromatic heterocycles. The van der Waals surface area contributed by atoms with Crippen molar-refractivity contribution in [2.24, 2.45) is 0 Å². The van der Waals surface area contributed by atoms with Gasteiger partial charge in [0.05, 0.1) is 5.56 Å². The Labute approximate surface area is 153 Å². The fraction of sp³-hybridized carbons (Fsp3) is 0.611. The Hall–Kier alpha value is -1.82. The lowest BCUT2D eigenvalue weighted by Gasteiger charge is -2.30. The number of halogens is 1. The summed E-state index contributed by atoms with van der Waals surface area (Å²) >= 11 is 6.01. The fourth-order valence-electron chi connectivity index (χ4n) is 2.83. The van der Waals surface area contributed by atoms with Gasteiger partial charge < -0.3 is 15.4 Å². The van der Waals surface area contributed by atoms with Crippen molar-refractivity contribution in [3.63, 3.8) is 0 Å². The topological polar surface area (TPSA) is 80.3 Å². The highest BCUT2D eigenvalue weighted by molar-refractivity contribution is 6.32. The summed E-state index contributed by atoms with van der Waals surface area (Å²) in [6.45, 7) is 7.38. The van der Waals surface area contributed by atoms with Gasteiger partial charge in [-0.05, 0) is 65.0 Å². The molecule has 7 heteroatoms. The Morgan fingerprint density at radius 3 is 2.28 bits per heavy atom. The monoisotopic (exact) mass is 367 g/mol. The average molecular weight is 368 g/mol. The molecular formula is C18H26ClN3O3. The molecule has 0 saturated heterocycles. The molecule has 1 saturated carbocycles. The van der Waals surface area contributed by atoms with E-state index in [1.165, 1.54) is 0 Å². The molecule has 0 spiro atoms. The number of rotatable bonds is 3. The Bertz CT molecular complexity index is 635. The van der Waals surface area contributed by atoms with E-state index in [2.05, 4.69) is 15.6 Å². The zero-order valence-corrected chi connectivity index (χ0v) is 15.9. The summed E-state index contributed by atoms with van der Waals surface area (Å²) in [6.07, 6.45) is 4.42. The minimum atomic E-state index is -0.504. The predicted octanol–water partition coefficient (Wildman–Crippen LogP) is 3.61. The molecule has 2 amide bonds. The number of amides is 2. The van der Waals surface area contributed by atoms with Gasteiger partial charge in [0.1, 0.15) is 10.8 Å². The van der Waals surface area contributed by atoms with E-state index in [-0.39, 0.29) is 23.1 Å². The van der Waals surface area contributed by atoms with Crippen molar-refractivity contribution in [2.75, 3.05) is 0 Å². The Morgan fingerprint density at radius 1 is 1.16 bits per heavy atom. The van der Waals surface area contributed by atoms with Gasteiger partial charge in [-0.25, -0.2) is 9.78 Å². The molecule has 1 fully saturated rings. The van der Waals surface area contributed by atoms with Crippen molar-refractivity contribution in [1.82, 2.24) is 15.6 Å². The van der Waals surface area contributed by atoms with Crippen molar-refractivity contribution >= 4 is 23.6 Å². The second-order valence-corrected chi connectivity index (χ2v) is 7.88. The number of hydrogen-bond donors (Lipinski definition) is 2.